The van der Waals surface area contributed by atoms with Crippen molar-refractivity contribution < 1.29 is 23.9 Å². The van der Waals surface area contributed by atoms with E-state index in [0.717, 1.165) is 65.3 Å². The van der Waals surface area contributed by atoms with Gasteiger partial charge in [-0.1, -0.05) is 76.2 Å². The van der Waals surface area contributed by atoms with Gasteiger partial charge in [-0.3, -0.25) is 14.6 Å². The van der Waals surface area contributed by atoms with E-state index >= 15 is 0 Å². The van der Waals surface area contributed by atoms with Crippen molar-refractivity contribution in [2.75, 3.05) is 37.8 Å². The van der Waals surface area contributed by atoms with E-state index in [4.69, 9.17) is 25.1 Å². The number of hydrogen-bond donors (Lipinski definition) is 4. The van der Waals surface area contributed by atoms with Gasteiger partial charge < -0.3 is 40.6 Å². The fourth-order valence-electron chi connectivity index (χ4n) is 7.83. The van der Waals surface area contributed by atoms with Crippen LogP contribution in [0.2, 0.25) is 0 Å². The van der Waals surface area contributed by atoms with Crippen LogP contribution in [-0.2, 0) is 19.4 Å². The quantitative estimate of drug-likeness (QED) is 0.0571. The summed E-state index contributed by atoms with van der Waals surface area (Å²) in [5, 5.41) is 10.5. The molecule has 3 aliphatic heterocycles. The van der Waals surface area contributed by atoms with Gasteiger partial charge >= 0.3 is 6.01 Å². The molecular weight excluding hydrogens is 715 g/mol. The predicted molar refractivity (Wildman–Crippen MR) is 212 cm³/mol. The summed E-state index contributed by atoms with van der Waals surface area (Å²) in [6.07, 6.45) is 6.50. The van der Waals surface area contributed by atoms with Gasteiger partial charge in [-0.15, -0.1) is 0 Å². The lowest BCUT2D eigenvalue weighted by atomic mass is 9.99. The molecule has 2 saturated heterocycles. The number of nitrogens with zero attached hydrogens (tertiary/aromatic N) is 7. The lowest BCUT2D eigenvalue weighted by Crippen LogP contribution is -2.49. The molecule has 16 heteroatoms. The number of imidazole rings is 1. The molecule has 2 amide bonds. The van der Waals surface area contributed by atoms with Crippen LogP contribution < -0.4 is 16.4 Å². The van der Waals surface area contributed by atoms with Crippen LogP contribution in [-0.4, -0.2) is 98.8 Å². The van der Waals surface area contributed by atoms with E-state index in [1.165, 1.54) is 13.5 Å². The minimum Gasteiger partial charge on any atom is -0.363 e. The summed E-state index contributed by atoms with van der Waals surface area (Å²) in [6, 6.07) is 15.5. The Morgan fingerprint density at radius 3 is 2.25 bits per heavy atom. The largest absolute Gasteiger partial charge is 0.363 e. The molecule has 56 heavy (non-hydrogen) atoms. The molecule has 2 aromatic carbocycles. The van der Waals surface area contributed by atoms with Gasteiger partial charge in [0.25, 0.3) is 5.95 Å². The number of aliphatic imine (C=N–C) groups is 2. The number of rotatable bonds is 14. The van der Waals surface area contributed by atoms with Gasteiger partial charge in [0.1, 0.15) is 23.7 Å². The molecule has 5 atom stereocenters. The summed E-state index contributed by atoms with van der Waals surface area (Å²) >= 11 is 0. The second-order valence-electron chi connectivity index (χ2n) is 15.2. The number of amidine groups is 1. The molecule has 0 spiro atoms. The third-order valence-corrected chi connectivity index (χ3v) is 10.8. The first-order valence-corrected chi connectivity index (χ1v) is 19.4. The van der Waals surface area contributed by atoms with E-state index in [1.54, 1.807) is 0 Å². The highest BCUT2D eigenvalue weighted by molar-refractivity contribution is 5.95. The molecule has 2 aromatic heterocycles. The fraction of sp³-hybridized carbons (Fsp3) is 0.475. The molecule has 0 saturated carbocycles. The van der Waals surface area contributed by atoms with Gasteiger partial charge in [-0.2, -0.15) is 9.87 Å². The number of nitrogen functional groups attached to an aromatic ring is 1. The van der Waals surface area contributed by atoms with Gasteiger partial charge in [0, 0.05) is 13.1 Å². The lowest BCUT2D eigenvalue weighted by Gasteiger charge is -2.30. The molecule has 16 nitrogen and oxygen atoms in total. The monoisotopic (exact) mass is 765 g/mol. The van der Waals surface area contributed by atoms with E-state index < -0.39 is 12.1 Å². The summed E-state index contributed by atoms with van der Waals surface area (Å²) in [7, 11) is 1.40. The zero-order valence-electron chi connectivity index (χ0n) is 32.5. The Morgan fingerprint density at radius 2 is 1.61 bits per heavy atom. The highest BCUT2D eigenvalue weighted by Gasteiger charge is 2.39. The van der Waals surface area contributed by atoms with Crippen LogP contribution in [0.4, 0.5) is 12.0 Å². The normalized spacial score (nSPS) is 20.8. The molecule has 0 aliphatic carbocycles. The second kappa shape index (κ2) is 16.9. The van der Waals surface area contributed by atoms with Crippen LogP contribution in [0.25, 0.3) is 22.4 Å². The number of hydrogen-bond acceptors (Lipinski definition) is 13. The standard InChI is InChI=1S/C40H51N11O5/c1-23(2)33(44-22-55-54-5)37(52)50-18-6-8-31(50)35-42-20-29(45-35)27-14-10-25(11-15-27)26-12-16-28(17-13-26)30-21-43-36(46-30)32-9-7-19-51(32)38(53)34(24(3)4)47-40-48-39(41)56-49-40/h10-17,21-24,29,31-34H,6-9,18-20H2,1-5H3,(H,42,45)(H,43,46)(H3,41,47,48,49)/t29?,31-,32-,33-,34-/m0/s1. The maximum atomic E-state index is 13.8. The van der Waals surface area contributed by atoms with Crippen LogP contribution >= 0.6 is 0 Å². The van der Waals surface area contributed by atoms with Crippen molar-refractivity contribution in [3.05, 3.63) is 66.1 Å². The van der Waals surface area contributed by atoms with E-state index in [1.807, 2.05) is 43.7 Å². The fourth-order valence-corrected chi connectivity index (χ4v) is 7.83. The van der Waals surface area contributed by atoms with E-state index in [-0.39, 0.29) is 53.7 Å². The number of nitrogens with two attached hydrogens (primary N) is 1. The van der Waals surface area contributed by atoms with Crippen LogP contribution in [0.5, 0.6) is 0 Å². The Morgan fingerprint density at radius 1 is 0.946 bits per heavy atom. The van der Waals surface area contributed by atoms with E-state index in [0.29, 0.717) is 19.6 Å². The highest BCUT2D eigenvalue weighted by Crippen LogP contribution is 2.34. The Balaban J connectivity index is 0.963. The lowest BCUT2D eigenvalue weighted by molar-refractivity contribution is -0.188. The van der Waals surface area contributed by atoms with Gasteiger partial charge in [0.15, 0.2) is 0 Å². The van der Waals surface area contributed by atoms with Crippen LogP contribution in [0.1, 0.15) is 76.8 Å². The summed E-state index contributed by atoms with van der Waals surface area (Å²) < 4.78 is 4.88. The zero-order chi connectivity index (χ0) is 39.3. The topological polar surface area (TPSA) is 201 Å². The van der Waals surface area contributed by atoms with Crippen molar-refractivity contribution >= 4 is 36.0 Å². The molecule has 4 aromatic rings. The van der Waals surface area contributed by atoms with Crippen molar-refractivity contribution in [3.8, 4) is 22.4 Å². The highest BCUT2D eigenvalue weighted by atomic mass is 17.2. The van der Waals surface area contributed by atoms with Crippen molar-refractivity contribution in [1.82, 2.24) is 35.2 Å². The molecule has 3 aliphatic rings. The number of benzene rings is 2. The third kappa shape index (κ3) is 8.25. The number of likely N-dealkylation sites (tertiary alicyclic amines) is 2. The first-order chi connectivity index (χ1) is 27.1. The molecule has 0 bridgehead atoms. The number of anilines is 2. The van der Waals surface area contributed by atoms with Crippen LogP contribution in [0.3, 0.4) is 0 Å². The number of amides is 2. The molecule has 296 valence electrons. The zero-order valence-corrected chi connectivity index (χ0v) is 32.5. The minimum atomic E-state index is -0.556. The number of nitrogens with one attached hydrogen (secondary N) is 3. The Bertz CT molecular complexity index is 2020. The van der Waals surface area contributed by atoms with Gasteiger partial charge in [-0.25, -0.2) is 9.98 Å². The molecule has 2 fully saturated rings. The number of aromatic nitrogens is 4. The minimum absolute atomic E-state index is 0.00464. The Labute approximate surface area is 326 Å². The SMILES string of the molecule is COOC=N[C@H](C(=O)N1CCC[C@H]1C1=NCC(c2ccc(-c3ccc(-c4cnc([C@@H]5CCCN5C(=O)[C@@H](Nc5noc(N)n5)C(C)C)[nH]4)cc3)cc2)N1)C(C)C. The van der Waals surface area contributed by atoms with Crippen LogP contribution in [0.15, 0.2) is 69.2 Å². The molecule has 1 unspecified atom stereocenters. The Hall–Kier alpha value is -5.77. The molecule has 7 rings (SSSR count). The first kappa shape index (κ1) is 38.5. The van der Waals surface area contributed by atoms with Crippen molar-refractivity contribution in [2.24, 2.45) is 21.8 Å². The van der Waals surface area contributed by atoms with Crippen molar-refractivity contribution in [3.63, 3.8) is 0 Å². The molecule has 5 heterocycles. The number of carbonyl (C=O) groups excluding carboxylic acids is 2. The van der Waals surface area contributed by atoms with Gasteiger partial charge in [0.2, 0.25) is 18.2 Å². The van der Waals surface area contributed by atoms with E-state index in [2.05, 4.69) is 84.2 Å². The summed E-state index contributed by atoms with van der Waals surface area (Å²) in [4.78, 5) is 62.0. The number of aromatic amines is 1. The third-order valence-electron chi connectivity index (χ3n) is 10.8. The molecule has 5 N–H and O–H groups in total. The summed E-state index contributed by atoms with van der Waals surface area (Å²) in [6.45, 7) is 9.82. The number of H-pyrrole nitrogens is 1. The predicted octanol–water partition coefficient (Wildman–Crippen LogP) is 5.17. The van der Waals surface area contributed by atoms with Crippen molar-refractivity contribution in [1.29, 1.82) is 0 Å². The first-order valence-electron chi connectivity index (χ1n) is 19.4. The summed E-state index contributed by atoms with van der Waals surface area (Å²) in [5.74, 6) is 1.73. The Kier molecular flexibility index (Phi) is 11.6. The second-order valence-corrected chi connectivity index (χ2v) is 15.2. The maximum Gasteiger partial charge on any atom is 0.320 e. The molecule has 0 radical (unpaired) electrons. The smallest absolute Gasteiger partial charge is 0.320 e. The summed E-state index contributed by atoms with van der Waals surface area (Å²) in [5.41, 5.74) is 10.8. The average Bonchev–Trinajstić information content (AvgIpc) is 4.05. The van der Waals surface area contributed by atoms with Gasteiger partial charge in [0.05, 0.1) is 43.7 Å². The number of carbonyl (C=O) groups is 2. The molecular formula is C40H51N11O5. The van der Waals surface area contributed by atoms with Gasteiger partial charge in [-0.05, 0) is 64.9 Å². The van der Waals surface area contributed by atoms with E-state index in [9.17, 15) is 9.59 Å². The van der Waals surface area contributed by atoms with Crippen molar-refractivity contribution in [2.45, 2.75) is 83.6 Å². The maximum absolute atomic E-state index is 13.8. The van der Waals surface area contributed by atoms with Crippen LogP contribution in [0, 0.1) is 11.8 Å². The average molecular weight is 766 g/mol.